The Bertz CT molecular complexity index is 718. The zero-order valence-corrected chi connectivity index (χ0v) is 13.4. The quantitative estimate of drug-likeness (QED) is 0.862. The van der Waals surface area contributed by atoms with Crippen molar-refractivity contribution in [1.82, 2.24) is 19.9 Å². The second-order valence-corrected chi connectivity index (χ2v) is 6.45. The number of carbonyl (C=O) groups excluding carboxylic acids is 1. The number of aromatic nitrogens is 2. The molecule has 4 rings (SSSR count). The van der Waals surface area contributed by atoms with Gasteiger partial charge < -0.3 is 13.8 Å². The van der Waals surface area contributed by atoms with E-state index in [4.69, 9.17) is 8.94 Å². The molecule has 2 aliphatic rings. The van der Waals surface area contributed by atoms with Crippen molar-refractivity contribution in [3.05, 3.63) is 35.4 Å². The van der Waals surface area contributed by atoms with Crippen LogP contribution in [-0.4, -0.2) is 52.5 Å². The Morgan fingerprint density at radius 2 is 2.17 bits per heavy atom. The number of furan rings is 1. The van der Waals surface area contributed by atoms with Crippen molar-refractivity contribution in [2.24, 2.45) is 0 Å². The second-order valence-electron chi connectivity index (χ2n) is 6.45. The van der Waals surface area contributed by atoms with Crippen LogP contribution in [0.3, 0.4) is 0 Å². The number of likely N-dealkylation sites (N-methyl/N-ethyl adjacent to an activating group) is 1. The van der Waals surface area contributed by atoms with Crippen molar-refractivity contribution < 1.29 is 13.7 Å². The molecule has 0 bridgehead atoms. The Morgan fingerprint density at radius 1 is 1.35 bits per heavy atom. The summed E-state index contributed by atoms with van der Waals surface area (Å²) in [6.07, 6.45) is 3.81. The summed E-state index contributed by atoms with van der Waals surface area (Å²) in [5, 5.41) is 4.14. The molecular weight excluding hydrogens is 296 g/mol. The van der Waals surface area contributed by atoms with E-state index < -0.39 is 0 Å². The summed E-state index contributed by atoms with van der Waals surface area (Å²) in [6.45, 7) is 3.85. The summed E-state index contributed by atoms with van der Waals surface area (Å²) >= 11 is 0. The number of nitrogens with zero attached hydrogens (tertiary/aromatic N) is 4. The molecule has 1 saturated carbocycles. The number of aryl methyl sites for hydroxylation is 1. The van der Waals surface area contributed by atoms with Gasteiger partial charge in [-0.05, 0) is 32.9 Å². The third-order valence-electron chi connectivity index (χ3n) is 4.67. The van der Waals surface area contributed by atoms with Crippen molar-refractivity contribution in [2.75, 3.05) is 26.7 Å². The van der Waals surface area contributed by atoms with Gasteiger partial charge in [-0.3, -0.25) is 9.69 Å². The molecular formula is C16H20N4O3. The van der Waals surface area contributed by atoms with Crippen LogP contribution in [0.2, 0.25) is 0 Å². The fourth-order valence-electron chi connectivity index (χ4n) is 2.95. The summed E-state index contributed by atoms with van der Waals surface area (Å²) < 4.78 is 10.7. The molecule has 0 spiro atoms. The zero-order valence-electron chi connectivity index (χ0n) is 13.4. The Hall–Kier alpha value is -2.15. The molecule has 23 heavy (non-hydrogen) atoms. The van der Waals surface area contributed by atoms with Crippen LogP contribution < -0.4 is 0 Å². The molecule has 2 fully saturated rings. The smallest absolute Gasteiger partial charge is 0.289 e. The molecule has 0 unspecified atom stereocenters. The summed E-state index contributed by atoms with van der Waals surface area (Å²) in [5.41, 5.74) is 0.862. The van der Waals surface area contributed by atoms with Gasteiger partial charge in [-0.2, -0.15) is 4.98 Å². The fourth-order valence-corrected chi connectivity index (χ4v) is 2.95. The van der Waals surface area contributed by atoms with Crippen LogP contribution in [0.15, 0.2) is 21.3 Å². The maximum absolute atomic E-state index is 12.6. The Balaban J connectivity index is 1.53. The van der Waals surface area contributed by atoms with Crippen LogP contribution in [0.4, 0.5) is 0 Å². The molecule has 1 saturated heterocycles. The highest BCUT2D eigenvalue weighted by molar-refractivity contribution is 5.92. The predicted molar refractivity (Wildman–Crippen MR) is 81.0 cm³/mol. The monoisotopic (exact) mass is 316 g/mol. The van der Waals surface area contributed by atoms with E-state index >= 15 is 0 Å². The standard InChI is InChI=1S/C16H20N4O3/c1-10-5-8-22-13(10)16(21)20-7-6-19(2)12(9-20)14-17-15(23-18-14)11-3-4-11/h5,8,11-12H,3-4,6-7,9H2,1-2H3/t12-/m0/s1. The largest absolute Gasteiger partial charge is 0.459 e. The molecule has 2 aromatic heterocycles. The van der Waals surface area contributed by atoms with E-state index in [9.17, 15) is 4.79 Å². The summed E-state index contributed by atoms with van der Waals surface area (Å²) in [4.78, 5) is 21.2. The lowest BCUT2D eigenvalue weighted by molar-refractivity contribution is 0.0500. The van der Waals surface area contributed by atoms with Crippen molar-refractivity contribution in [3.63, 3.8) is 0 Å². The highest BCUT2D eigenvalue weighted by atomic mass is 16.5. The molecule has 0 aromatic carbocycles. The second kappa shape index (κ2) is 5.49. The molecule has 0 radical (unpaired) electrons. The van der Waals surface area contributed by atoms with E-state index in [0.717, 1.165) is 30.8 Å². The lowest BCUT2D eigenvalue weighted by atomic mass is 10.1. The van der Waals surface area contributed by atoms with E-state index in [1.807, 2.05) is 24.9 Å². The van der Waals surface area contributed by atoms with E-state index in [1.165, 1.54) is 0 Å². The molecule has 0 N–H and O–H groups in total. The Kier molecular flexibility index (Phi) is 3.45. The van der Waals surface area contributed by atoms with Gasteiger partial charge in [0.25, 0.3) is 5.91 Å². The first kappa shape index (κ1) is 14.4. The first-order valence-electron chi connectivity index (χ1n) is 8.00. The zero-order chi connectivity index (χ0) is 16.0. The van der Waals surface area contributed by atoms with Gasteiger partial charge in [-0.25, -0.2) is 0 Å². The maximum atomic E-state index is 12.6. The van der Waals surface area contributed by atoms with Crippen LogP contribution in [0, 0.1) is 6.92 Å². The molecule has 1 amide bonds. The minimum atomic E-state index is -0.0727. The van der Waals surface area contributed by atoms with E-state index in [2.05, 4.69) is 15.0 Å². The van der Waals surface area contributed by atoms with Crippen molar-refractivity contribution in [1.29, 1.82) is 0 Å². The van der Waals surface area contributed by atoms with Gasteiger partial charge in [-0.1, -0.05) is 5.16 Å². The highest BCUT2D eigenvalue weighted by Crippen LogP contribution is 2.39. The van der Waals surface area contributed by atoms with Crippen LogP contribution in [0.25, 0.3) is 0 Å². The molecule has 1 aliphatic heterocycles. The average Bonchev–Trinajstić information content (AvgIpc) is 3.12. The van der Waals surface area contributed by atoms with Crippen LogP contribution in [-0.2, 0) is 0 Å². The first-order chi connectivity index (χ1) is 11.1. The number of hydrogen-bond donors (Lipinski definition) is 0. The van der Waals surface area contributed by atoms with E-state index in [-0.39, 0.29) is 11.9 Å². The van der Waals surface area contributed by atoms with Crippen LogP contribution >= 0.6 is 0 Å². The lowest BCUT2D eigenvalue weighted by Gasteiger charge is -2.37. The SMILES string of the molecule is Cc1ccoc1C(=O)N1CCN(C)[C@H](c2noc(C3CC3)n2)C1. The van der Waals surface area contributed by atoms with Gasteiger partial charge in [0.05, 0.1) is 12.3 Å². The molecule has 7 nitrogen and oxygen atoms in total. The summed E-state index contributed by atoms with van der Waals surface area (Å²) in [7, 11) is 2.03. The lowest BCUT2D eigenvalue weighted by Crippen LogP contribution is -2.49. The van der Waals surface area contributed by atoms with Gasteiger partial charge in [0.2, 0.25) is 5.89 Å². The normalized spacial score (nSPS) is 22.5. The molecule has 7 heteroatoms. The fraction of sp³-hybridized carbons (Fsp3) is 0.562. The maximum Gasteiger partial charge on any atom is 0.289 e. The van der Waals surface area contributed by atoms with Gasteiger partial charge in [-0.15, -0.1) is 0 Å². The Labute approximate surface area is 134 Å². The minimum Gasteiger partial charge on any atom is -0.459 e. The first-order valence-corrected chi connectivity index (χ1v) is 8.00. The third kappa shape index (κ3) is 2.65. The number of carbonyl (C=O) groups is 1. The van der Waals surface area contributed by atoms with Gasteiger partial charge in [0.1, 0.15) is 0 Å². The topological polar surface area (TPSA) is 75.6 Å². The minimum absolute atomic E-state index is 0.0424. The number of hydrogen-bond acceptors (Lipinski definition) is 6. The van der Waals surface area contributed by atoms with Gasteiger partial charge in [0.15, 0.2) is 11.6 Å². The summed E-state index contributed by atoms with van der Waals surface area (Å²) in [5.74, 6) is 2.19. The average molecular weight is 316 g/mol. The van der Waals surface area contributed by atoms with E-state index in [1.54, 1.807) is 6.26 Å². The summed E-state index contributed by atoms with van der Waals surface area (Å²) in [6, 6.07) is 1.77. The van der Waals surface area contributed by atoms with Crippen molar-refractivity contribution in [3.8, 4) is 0 Å². The van der Waals surface area contributed by atoms with Crippen molar-refractivity contribution in [2.45, 2.75) is 31.7 Å². The van der Waals surface area contributed by atoms with Crippen LogP contribution in [0.5, 0.6) is 0 Å². The van der Waals surface area contributed by atoms with Crippen LogP contribution in [0.1, 0.15) is 52.6 Å². The molecule has 1 atom stereocenters. The predicted octanol–water partition coefficient (Wildman–Crippen LogP) is 1.98. The molecule has 3 heterocycles. The van der Waals surface area contributed by atoms with Gasteiger partial charge >= 0.3 is 0 Å². The van der Waals surface area contributed by atoms with Crippen molar-refractivity contribution >= 4 is 5.91 Å². The highest BCUT2D eigenvalue weighted by Gasteiger charge is 2.35. The van der Waals surface area contributed by atoms with Gasteiger partial charge in [0, 0.05) is 31.1 Å². The molecule has 1 aliphatic carbocycles. The number of rotatable bonds is 3. The number of amides is 1. The molecule has 2 aromatic rings. The van der Waals surface area contributed by atoms with E-state index in [0.29, 0.717) is 30.6 Å². The third-order valence-corrected chi connectivity index (χ3v) is 4.67. The Morgan fingerprint density at radius 3 is 2.87 bits per heavy atom. The molecule has 122 valence electrons. The number of piperazine rings is 1.